The Labute approximate surface area is 133 Å². The molecule has 21 heavy (non-hydrogen) atoms. The number of aryl methyl sites for hydroxylation is 1. The van der Waals surface area contributed by atoms with Crippen LogP contribution in [0.3, 0.4) is 0 Å². The third kappa shape index (κ3) is 3.52. The van der Waals surface area contributed by atoms with E-state index in [4.69, 9.17) is 0 Å². The van der Waals surface area contributed by atoms with E-state index in [2.05, 4.69) is 47.1 Å². The van der Waals surface area contributed by atoms with Crippen LogP contribution in [0.1, 0.15) is 42.4 Å². The van der Waals surface area contributed by atoms with Crippen molar-refractivity contribution in [2.75, 3.05) is 6.54 Å². The number of rotatable bonds is 5. The molecule has 1 atom stereocenters. The Balaban J connectivity index is 2.28. The van der Waals surface area contributed by atoms with Gasteiger partial charge in [0.15, 0.2) is 0 Å². The van der Waals surface area contributed by atoms with Crippen molar-refractivity contribution in [1.29, 1.82) is 0 Å². The highest BCUT2D eigenvalue weighted by Gasteiger charge is 2.17. The zero-order valence-electron chi connectivity index (χ0n) is 12.9. The van der Waals surface area contributed by atoms with E-state index in [1.807, 2.05) is 11.6 Å². The number of aromatic nitrogens is 2. The van der Waals surface area contributed by atoms with Gasteiger partial charge in [0.2, 0.25) is 0 Å². The first-order valence-corrected chi connectivity index (χ1v) is 7.94. The van der Waals surface area contributed by atoms with E-state index < -0.39 is 0 Å². The Morgan fingerprint density at radius 3 is 2.71 bits per heavy atom. The Bertz CT molecular complexity index is 637. The molecule has 1 aromatic carbocycles. The van der Waals surface area contributed by atoms with Gasteiger partial charge in [0.25, 0.3) is 0 Å². The van der Waals surface area contributed by atoms with Gasteiger partial charge >= 0.3 is 0 Å². The van der Waals surface area contributed by atoms with Gasteiger partial charge < -0.3 is 5.32 Å². The molecule has 0 bridgehead atoms. The van der Waals surface area contributed by atoms with Crippen LogP contribution in [0.5, 0.6) is 0 Å². The second-order valence-electron chi connectivity index (χ2n) is 5.27. The van der Waals surface area contributed by atoms with E-state index in [9.17, 15) is 4.39 Å². The molecule has 5 heteroatoms. The first-order valence-electron chi connectivity index (χ1n) is 7.15. The summed E-state index contributed by atoms with van der Waals surface area (Å²) in [6.45, 7) is 9.94. The van der Waals surface area contributed by atoms with Gasteiger partial charge in [-0.05, 0) is 60.9 Å². The molecule has 1 N–H and O–H groups in total. The SMILES string of the molecule is CCNC(C)c1c(C)nn(Cc2ccc(F)c(Br)c2)c1C. The summed E-state index contributed by atoms with van der Waals surface area (Å²) >= 11 is 3.23. The molecule has 0 radical (unpaired) electrons. The second-order valence-corrected chi connectivity index (χ2v) is 6.12. The Morgan fingerprint density at radius 2 is 2.10 bits per heavy atom. The molecule has 2 aromatic rings. The maximum Gasteiger partial charge on any atom is 0.137 e. The number of benzene rings is 1. The maximum atomic E-state index is 13.3. The van der Waals surface area contributed by atoms with Crippen molar-refractivity contribution < 1.29 is 4.39 Å². The summed E-state index contributed by atoms with van der Waals surface area (Å²) in [7, 11) is 0. The van der Waals surface area contributed by atoms with Crippen molar-refractivity contribution in [3.63, 3.8) is 0 Å². The molecule has 2 rings (SSSR count). The molecule has 0 spiro atoms. The molecule has 0 aliphatic rings. The van der Waals surface area contributed by atoms with Crippen LogP contribution in [-0.2, 0) is 6.54 Å². The minimum absolute atomic E-state index is 0.242. The third-order valence-corrected chi connectivity index (χ3v) is 4.30. The quantitative estimate of drug-likeness (QED) is 0.875. The topological polar surface area (TPSA) is 29.9 Å². The average molecular weight is 354 g/mol. The van der Waals surface area contributed by atoms with Crippen LogP contribution in [0.4, 0.5) is 4.39 Å². The highest BCUT2D eigenvalue weighted by Crippen LogP contribution is 2.23. The lowest BCUT2D eigenvalue weighted by atomic mass is 10.1. The third-order valence-electron chi connectivity index (χ3n) is 3.70. The predicted molar refractivity (Wildman–Crippen MR) is 87.0 cm³/mol. The van der Waals surface area contributed by atoms with Crippen LogP contribution in [0, 0.1) is 19.7 Å². The zero-order valence-corrected chi connectivity index (χ0v) is 14.5. The molecule has 0 aliphatic heterocycles. The molecule has 1 heterocycles. The van der Waals surface area contributed by atoms with Gasteiger partial charge in [-0.3, -0.25) is 4.68 Å². The van der Waals surface area contributed by atoms with Gasteiger partial charge in [-0.1, -0.05) is 13.0 Å². The lowest BCUT2D eigenvalue weighted by molar-refractivity contribution is 0.588. The molecule has 0 saturated carbocycles. The zero-order chi connectivity index (χ0) is 15.6. The summed E-state index contributed by atoms with van der Waals surface area (Å²) in [6.07, 6.45) is 0. The lowest BCUT2D eigenvalue weighted by Crippen LogP contribution is -2.19. The van der Waals surface area contributed by atoms with Gasteiger partial charge in [0, 0.05) is 17.3 Å². The summed E-state index contributed by atoms with van der Waals surface area (Å²) < 4.78 is 15.8. The van der Waals surface area contributed by atoms with Crippen LogP contribution in [-0.4, -0.2) is 16.3 Å². The van der Waals surface area contributed by atoms with Crippen molar-refractivity contribution in [2.45, 2.75) is 40.3 Å². The first kappa shape index (κ1) is 16.2. The number of halogens is 2. The fourth-order valence-corrected chi connectivity index (χ4v) is 3.14. The van der Waals surface area contributed by atoms with Crippen molar-refractivity contribution in [3.8, 4) is 0 Å². The van der Waals surface area contributed by atoms with E-state index in [1.165, 1.54) is 11.6 Å². The van der Waals surface area contributed by atoms with E-state index in [0.29, 0.717) is 11.0 Å². The van der Waals surface area contributed by atoms with Gasteiger partial charge in [-0.2, -0.15) is 5.10 Å². The van der Waals surface area contributed by atoms with Gasteiger partial charge in [0.1, 0.15) is 5.82 Å². The Hall–Kier alpha value is -1.20. The van der Waals surface area contributed by atoms with Gasteiger partial charge in [-0.15, -0.1) is 0 Å². The van der Waals surface area contributed by atoms with Gasteiger partial charge in [-0.25, -0.2) is 4.39 Å². The molecule has 0 fully saturated rings. The Kier molecular flexibility index (Phi) is 5.17. The number of hydrogen-bond acceptors (Lipinski definition) is 2. The number of nitrogens with one attached hydrogen (secondary N) is 1. The summed E-state index contributed by atoms with van der Waals surface area (Å²) in [5, 5.41) is 8.06. The van der Waals surface area contributed by atoms with Crippen molar-refractivity contribution in [3.05, 3.63) is 51.0 Å². The van der Waals surface area contributed by atoms with Crippen molar-refractivity contribution in [1.82, 2.24) is 15.1 Å². The molecule has 1 unspecified atom stereocenters. The minimum Gasteiger partial charge on any atom is -0.310 e. The highest BCUT2D eigenvalue weighted by molar-refractivity contribution is 9.10. The number of hydrogen-bond donors (Lipinski definition) is 1. The molecular formula is C16H21BrFN3. The predicted octanol–water partition coefficient (Wildman–Crippen LogP) is 4.12. The monoisotopic (exact) mass is 353 g/mol. The molecular weight excluding hydrogens is 333 g/mol. The van der Waals surface area contributed by atoms with E-state index >= 15 is 0 Å². The standard InChI is InChI=1S/C16H21BrFN3/c1-5-19-10(2)16-11(3)20-21(12(16)4)9-13-6-7-15(18)14(17)8-13/h6-8,10,19H,5,9H2,1-4H3. The summed E-state index contributed by atoms with van der Waals surface area (Å²) in [4.78, 5) is 0. The highest BCUT2D eigenvalue weighted by atomic mass is 79.9. The second kappa shape index (κ2) is 6.71. The Morgan fingerprint density at radius 1 is 1.38 bits per heavy atom. The molecule has 3 nitrogen and oxygen atoms in total. The molecule has 0 amide bonds. The fraction of sp³-hybridized carbons (Fsp3) is 0.438. The van der Waals surface area contributed by atoms with Crippen LogP contribution in [0.2, 0.25) is 0 Å². The van der Waals surface area contributed by atoms with Crippen molar-refractivity contribution in [2.24, 2.45) is 0 Å². The van der Waals surface area contributed by atoms with E-state index in [0.717, 1.165) is 23.5 Å². The normalized spacial score (nSPS) is 12.7. The van der Waals surface area contributed by atoms with E-state index in [-0.39, 0.29) is 11.9 Å². The smallest absolute Gasteiger partial charge is 0.137 e. The average Bonchev–Trinajstić information content (AvgIpc) is 2.69. The summed E-state index contributed by atoms with van der Waals surface area (Å²) in [6, 6.07) is 5.36. The largest absolute Gasteiger partial charge is 0.310 e. The molecule has 114 valence electrons. The van der Waals surface area contributed by atoms with E-state index in [1.54, 1.807) is 12.1 Å². The summed E-state index contributed by atoms with van der Waals surface area (Å²) in [5.74, 6) is -0.242. The van der Waals surface area contributed by atoms with Crippen LogP contribution < -0.4 is 5.32 Å². The maximum absolute atomic E-state index is 13.3. The lowest BCUT2D eigenvalue weighted by Gasteiger charge is -2.13. The van der Waals surface area contributed by atoms with Crippen LogP contribution in [0.25, 0.3) is 0 Å². The van der Waals surface area contributed by atoms with Crippen LogP contribution >= 0.6 is 15.9 Å². The summed E-state index contributed by atoms with van der Waals surface area (Å²) in [5.41, 5.74) is 4.47. The molecule has 0 aliphatic carbocycles. The minimum atomic E-state index is -0.242. The fourth-order valence-electron chi connectivity index (χ4n) is 2.71. The molecule has 0 saturated heterocycles. The number of nitrogens with zero attached hydrogens (tertiary/aromatic N) is 2. The van der Waals surface area contributed by atoms with Crippen molar-refractivity contribution >= 4 is 15.9 Å². The van der Waals surface area contributed by atoms with Gasteiger partial charge in [0.05, 0.1) is 16.7 Å². The van der Waals surface area contributed by atoms with Crippen LogP contribution in [0.15, 0.2) is 22.7 Å². The first-order chi connectivity index (χ1) is 9.93. The molecule has 1 aromatic heterocycles.